The maximum atomic E-state index is 12.7. The van der Waals surface area contributed by atoms with E-state index in [0.717, 1.165) is 56.6 Å². The topological polar surface area (TPSA) is 134 Å². The van der Waals surface area contributed by atoms with E-state index >= 15 is 0 Å². The van der Waals surface area contributed by atoms with Crippen molar-refractivity contribution >= 4 is 17.7 Å². The summed E-state index contributed by atoms with van der Waals surface area (Å²) in [5, 5.41) is 25.3. The highest BCUT2D eigenvalue weighted by molar-refractivity contribution is 5.99. The molecule has 4 N–H and O–H groups in total. The highest BCUT2D eigenvalue weighted by atomic mass is 16.5. The summed E-state index contributed by atoms with van der Waals surface area (Å²) >= 11 is 0. The molecule has 0 unspecified atom stereocenters. The first-order valence-electron chi connectivity index (χ1n) is 12.3. The molecule has 1 aliphatic carbocycles. The predicted molar refractivity (Wildman–Crippen MR) is 131 cm³/mol. The van der Waals surface area contributed by atoms with E-state index in [9.17, 15) is 19.8 Å². The Morgan fingerprint density at radius 3 is 2.86 bits per heavy atom. The van der Waals surface area contributed by atoms with E-state index in [1.54, 1.807) is 13.8 Å². The molecule has 4 rings (SSSR count). The predicted octanol–water partition coefficient (Wildman–Crippen LogP) is 3.16. The van der Waals surface area contributed by atoms with Crippen molar-refractivity contribution < 1.29 is 24.5 Å². The van der Waals surface area contributed by atoms with Crippen molar-refractivity contribution in [3.63, 3.8) is 0 Å². The van der Waals surface area contributed by atoms with Crippen LogP contribution >= 0.6 is 0 Å². The Hall–Kier alpha value is -3.20. The Labute approximate surface area is 205 Å². The van der Waals surface area contributed by atoms with Gasteiger partial charge in [-0.1, -0.05) is 6.07 Å². The number of carbonyl (C=O) groups is 2. The van der Waals surface area contributed by atoms with Gasteiger partial charge in [0.2, 0.25) is 5.88 Å². The molecule has 2 aromatic heterocycles. The Morgan fingerprint density at radius 2 is 2.09 bits per heavy atom. The molecule has 9 nitrogen and oxygen atoms in total. The first-order valence-corrected chi connectivity index (χ1v) is 12.3. The zero-order valence-corrected chi connectivity index (χ0v) is 20.3. The van der Waals surface area contributed by atoms with Gasteiger partial charge in [0.1, 0.15) is 11.9 Å². The summed E-state index contributed by atoms with van der Waals surface area (Å²) < 4.78 is 5.88. The fraction of sp³-hybridized carbons (Fsp3) is 0.538. The monoisotopic (exact) mass is 482 g/mol. The molecule has 1 atom stereocenters. The minimum atomic E-state index is -1.12. The number of nitrogens with one attached hydrogen (secondary N) is 2. The van der Waals surface area contributed by atoms with E-state index in [4.69, 9.17) is 9.72 Å². The zero-order chi connectivity index (χ0) is 24.9. The number of anilines is 1. The van der Waals surface area contributed by atoms with Crippen molar-refractivity contribution in [2.75, 3.05) is 18.5 Å². The molecule has 35 heavy (non-hydrogen) atoms. The number of rotatable bonds is 10. The number of hydrogen-bond acceptors (Lipinski definition) is 7. The SMILES string of the molecule is Cc1cnc(O)c(C)c1C(=O)N[C@@H](CCO[C@H]1C[C@@H](CCc2ccc3c(n2)NCCC3)C1)C(=O)O. The van der Waals surface area contributed by atoms with Crippen LogP contribution in [0.3, 0.4) is 0 Å². The minimum Gasteiger partial charge on any atom is -0.493 e. The molecular weight excluding hydrogens is 448 g/mol. The second-order valence-corrected chi connectivity index (χ2v) is 9.63. The van der Waals surface area contributed by atoms with Crippen LogP contribution in [0.4, 0.5) is 5.82 Å². The maximum Gasteiger partial charge on any atom is 0.326 e. The van der Waals surface area contributed by atoms with Crippen LogP contribution in [0.15, 0.2) is 18.3 Å². The number of hydrogen-bond donors (Lipinski definition) is 4. The number of fused-ring (bicyclic) bond motifs is 1. The van der Waals surface area contributed by atoms with Crippen molar-refractivity contribution in [2.45, 2.75) is 70.9 Å². The number of aromatic nitrogens is 2. The van der Waals surface area contributed by atoms with Crippen molar-refractivity contribution in [2.24, 2.45) is 5.92 Å². The lowest BCUT2D eigenvalue weighted by Gasteiger charge is -2.35. The number of aliphatic carboxylic acids is 1. The highest BCUT2D eigenvalue weighted by Gasteiger charge is 2.30. The van der Waals surface area contributed by atoms with E-state index in [-0.39, 0.29) is 30.6 Å². The number of amides is 1. The lowest BCUT2D eigenvalue weighted by Crippen LogP contribution is -2.42. The van der Waals surface area contributed by atoms with Gasteiger partial charge in [-0.15, -0.1) is 0 Å². The molecule has 0 saturated heterocycles. The first kappa shape index (κ1) is 24.9. The van der Waals surface area contributed by atoms with Crippen LogP contribution in [-0.2, 0) is 22.4 Å². The Kier molecular flexibility index (Phi) is 7.85. The van der Waals surface area contributed by atoms with Crippen LogP contribution in [0, 0.1) is 19.8 Å². The quantitative estimate of drug-likeness (QED) is 0.406. The van der Waals surface area contributed by atoms with Gasteiger partial charge in [0.05, 0.1) is 11.7 Å². The van der Waals surface area contributed by atoms with Gasteiger partial charge in [0.15, 0.2) is 0 Å². The average molecular weight is 483 g/mol. The molecule has 188 valence electrons. The second-order valence-electron chi connectivity index (χ2n) is 9.63. The van der Waals surface area contributed by atoms with Gasteiger partial charge < -0.3 is 25.6 Å². The third-order valence-electron chi connectivity index (χ3n) is 7.03. The lowest BCUT2D eigenvalue weighted by molar-refractivity contribution is -0.140. The molecule has 0 spiro atoms. The molecule has 0 radical (unpaired) electrons. The van der Waals surface area contributed by atoms with Gasteiger partial charge in [-0.05, 0) is 75.5 Å². The molecule has 9 heteroatoms. The molecule has 3 heterocycles. The summed E-state index contributed by atoms with van der Waals surface area (Å²) in [5.41, 5.74) is 3.56. The summed E-state index contributed by atoms with van der Waals surface area (Å²) in [6, 6.07) is 3.25. The molecule has 1 fully saturated rings. The van der Waals surface area contributed by atoms with Crippen molar-refractivity contribution in [1.29, 1.82) is 0 Å². The van der Waals surface area contributed by atoms with Crippen LogP contribution in [-0.4, -0.2) is 57.4 Å². The van der Waals surface area contributed by atoms with E-state index in [1.165, 1.54) is 11.8 Å². The number of carboxylic acid groups (broad SMARTS) is 1. The van der Waals surface area contributed by atoms with Gasteiger partial charge in [-0.3, -0.25) is 4.79 Å². The number of ether oxygens (including phenoxy) is 1. The van der Waals surface area contributed by atoms with E-state index in [0.29, 0.717) is 17.0 Å². The lowest BCUT2D eigenvalue weighted by atomic mass is 9.79. The summed E-state index contributed by atoms with van der Waals surface area (Å²) in [6.07, 6.45) is 7.88. The van der Waals surface area contributed by atoms with Crippen LogP contribution in [0.2, 0.25) is 0 Å². The Balaban J connectivity index is 1.18. The van der Waals surface area contributed by atoms with Crippen LogP contribution in [0.1, 0.15) is 64.8 Å². The molecule has 1 saturated carbocycles. The number of nitrogens with zero attached hydrogens (tertiary/aromatic N) is 2. The molecule has 2 aromatic rings. The molecule has 1 amide bonds. The zero-order valence-electron chi connectivity index (χ0n) is 20.3. The maximum absolute atomic E-state index is 12.7. The van der Waals surface area contributed by atoms with Crippen molar-refractivity contribution in [1.82, 2.24) is 15.3 Å². The standard InChI is InChI=1S/C26H34N4O5/c1-15-14-28-24(31)16(2)22(15)25(32)30-21(26(33)34)9-11-35-20-12-17(13-20)5-7-19-8-6-18-4-3-10-27-23(18)29-19/h6,8,14,17,20-21H,3-5,7,9-13H2,1-2H3,(H,27,29)(H,28,31)(H,30,32)(H,33,34)/t17-,20+,21-/m0/s1. The number of aryl methyl sites for hydroxylation is 3. The number of pyridine rings is 2. The summed E-state index contributed by atoms with van der Waals surface area (Å²) in [4.78, 5) is 32.9. The third kappa shape index (κ3) is 6.08. The molecule has 0 bridgehead atoms. The second kappa shape index (κ2) is 11.0. The largest absolute Gasteiger partial charge is 0.493 e. The Morgan fingerprint density at radius 1 is 1.29 bits per heavy atom. The number of aromatic hydroxyl groups is 1. The van der Waals surface area contributed by atoms with Gasteiger partial charge in [0, 0.05) is 37.0 Å². The van der Waals surface area contributed by atoms with Gasteiger partial charge in [-0.2, -0.15) is 0 Å². The van der Waals surface area contributed by atoms with E-state index < -0.39 is 17.9 Å². The van der Waals surface area contributed by atoms with Gasteiger partial charge in [-0.25, -0.2) is 14.8 Å². The van der Waals surface area contributed by atoms with E-state index in [1.807, 2.05) is 0 Å². The normalized spacial score (nSPS) is 19.7. The third-order valence-corrected chi connectivity index (χ3v) is 7.03. The molecule has 2 aliphatic rings. The fourth-order valence-electron chi connectivity index (χ4n) is 4.82. The summed E-state index contributed by atoms with van der Waals surface area (Å²) in [6.45, 7) is 4.52. The number of carboxylic acids is 1. The minimum absolute atomic E-state index is 0.130. The van der Waals surface area contributed by atoms with E-state index in [2.05, 4.69) is 27.8 Å². The molecule has 1 aliphatic heterocycles. The Bertz CT molecular complexity index is 1080. The number of carbonyl (C=O) groups excluding carboxylic acids is 1. The first-order chi connectivity index (χ1) is 16.8. The van der Waals surface area contributed by atoms with Crippen molar-refractivity contribution in [3.8, 4) is 5.88 Å². The summed E-state index contributed by atoms with van der Waals surface area (Å²) in [5.74, 6) is -0.274. The van der Waals surface area contributed by atoms with Crippen molar-refractivity contribution in [3.05, 3.63) is 46.3 Å². The molecule has 0 aromatic carbocycles. The van der Waals surface area contributed by atoms with Gasteiger partial charge >= 0.3 is 5.97 Å². The van der Waals surface area contributed by atoms with Crippen LogP contribution in [0.5, 0.6) is 5.88 Å². The molecular formula is C26H34N4O5. The highest BCUT2D eigenvalue weighted by Crippen LogP contribution is 2.34. The average Bonchev–Trinajstić information content (AvgIpc) is 2.81. The smallest absolute Gasteiger partial charge is 0.326 e. The summed E-state index contributed by atoms with van der Waals surface area (Å²) in [7, 11) is 0. The van der Waals surface area contributed by atoms with Gasteiger partial charge in [0.25, 0.3) is 5.91 Å². The van der Waals surface area contributed by atoms with Crippen LogP contribution in [0.25, 0.3) is 0 Å². The van der Waals surface area contributed by atoms with Crippen LogP contribution < -0.4 is 10.6 Å². The fourth-order valence-corrected chi connectivity index (χ4v) is 4.82.